The number of hydrogen-bond donors (Lipinski definition) is 1. The molecule has 0 atom stereocenters. The highest BCUT2D eigenvalue weighted by molar-refractivity contribution is 7.89. The third kappa shape index (κ3) is 3.89. The van der Waals surface area contributed by atoms with E-state index in [-0.39, 0.29) is 10.9 Å². The zero-order valence-corrected chi connectivity index (χ0v) is 13.6. The Kier molecular flexibility index (Phi) is 5.11. The summed E-state index contributed by atoms with van der Waals surface area (Å²) in [6.07, 6.45) is 3.88. The van der Waals surface area contributed by atoms with Crippen molar-refractivity contribution in [2.24, 2.45) is 5.92 Å². The molecule has 0 heterocycles. The van der Waals surface area contributed by atoms with Crippen molar-refractivity contribution in [1.82, 2.24) is 4.72 Å². The second kappa shape index (κ2) is 6.66. The van der Waals surface area contributed by atoms with Crippen LogP contribution in [-0.2, 0) is 10.0 Å². The third-order valence-electron chi connectivity index (χ3n) is 4.00. The van der Waals surface area contributed by atoms with Gasteiger partial charge >= 0.3 is 0 Å². The lowest BCUT2D eigenvalue weighted by atomic mass is 9.88. The highest BCUT2D eigenvalue weighted by Gasteiger charge is 2.26. The molecule has 0 amide bonds. The van der Waals surface area contributed by atoms with E-state index >= 15 is 0 Å². The molecule has 0 radical (unpaired) electrons. The average molecular weight is 313 g/mol. The number of benzene rings is 1. The molecule has 118 valence electrons. The summed E-state index contributed by atoms with van der Waals surface area (Å²) in [6, 6.07) is 4.78. The van der Waals surface area contributed by atoms with Crippen molar-refractivity contribution in [1.29, 1.82) is 0 Å². The Morgan fingerprint density at radius 3 is 2.33 bits per heavy atom. The summed E-state index contributed by atoms with van der Waals surface area (Å²) in [7, 11) is -0.638. The molecule has 0 unspecified atom stereocenters. The summed E-state index contributed by atoms with van der Waals surface area (Å²) in [5.41, 5.74) is 0. The van der Waals surface area contributed by atoms with Crippen molar-refractivity contribution < 1.29 is 17.9 Å². The molecule has 1 saturated carbocycles. The van der Waals surface area contributed by atoms with E-state index in [0.29, 0.717) is 17.4 Å². The Morgan fingerprint density at radius 1 is 1.10 bits per heavy atom. The molecule has 1 N–H and O–H groups in total. The molecule has 0 aromatic heterocycles. The Hall–Kier alpha value is -1.27. The van der Waals surface area contributed by atoms with Gasteiger partial charge in [0, 0.05) is 12.1 Å². The fraction of sp³-hybridized carbons (Fsp3) is 0.600. The molecule has 0 spiro atoms. The second-order valence-electron chi connectivity index (χ2n) is 5.59. The normalized spacial score (nSPS) is 22.8. The van der Waals surface area contributed by atoms with Crippen LogP contribution in [0.2, 0.25) is 0 Å². The van der Waals surface area contributed by atoms with Gasteiger partial charge in [-0.1, -0.05) is 6.92 Å². The quantitative estimate of drug-likeness (QED) is 0.907. The molecule has 6 heteroatoms. The predicted molar refractivity (Wildman–Crippen MR) is 81.3 cm³/mol. The van der Waals surface area contributed by atoms with E-state index in [2.05, 4.69) is 11.6 Å². The summed E-state index contributed by atoms with van der Waals surface area (Å²) in [5, 5.41) is 0. The van der Waals surface area contributed by atoms with Gasteiger partial charge in [0.1, 0.15) is 16.4 Å². The molecule has 0 bridgehead atoms. The summed E-state index contributed by atoms with van der Waals surface area (Å²) in [6.45, 7) is 2.20. The van der Waals surface area contributed by atoms with Crippen molar-refractivity contribution in [3.05, 3.63) is 18.2 Å². The smallest absolute Gasteiger partial charge is 0.244 e. The summed E-state index contributed by atoms with van der Waals surface area (Å²) in [4.78, 5) is 0.128. The molecule has 2 rings (SSSR count). The van der Waals surface area contributed by atoms with Crippen molar-refractivity contribution in [2.45, 2.75) is 43.5 Å². The molecule has 1 aromatic rings. The van der Waals surface area contributed by atoms with Crippen molar-refractivity contribution >= 4 is 10.0 Å². The molecule has 0 saturated heterocycles. The van der Waals surface area contributed by atoms with Gasteiger partial charge in [-0.05, 0) is 43.7 Å². The first-order chi connectivity index (χ1) is 9.96. The molecule has 1 aliphatic rings. The molecule has 5 nitrogen and oxygen atoms in total. The standard InChI is InChI=1S/C15H23NO4S/c1-11-4-6-12(7-5-11)16-21(17,18)15-10-13(19-2)8-9-14(15)20-3/h8-12,16H,4-7H2,1-3H3. The zero-order valence-electron chi connectivity index (χ0n) is 12.8. The fourth-order valence-corrected chi connectivity index (χ4v) is 4.14. The molecule has 1 aromatic carbocycles. The van der Waals surface area contributed by atoms with Crippen molar-refractivity contribution in [2.75, 3.05) is 14.2 Å². The summed E-state index contributed by atoms with van der Waals surface area (Å²) in [5.74, 6) is 1.50. The number of rotatable bonds is 5. The van der Waals surface area contributed by atoms with E-state index in [1.807, 2.05) is 0 Å². The molecular formula is C15H23NO4S. The van der Waals surface area contributed by atoms with Gasteiger partial charge in [-0.15, -0.1) is 0 Å². The Morgan fingerprint density at radius 2 is 1.76 bits per heavy atom. The van der Waals surface area contributed by atoms with Crippen LogP contribution in [0.15, 0.2) is 23.1 Å². The highest BCUT2D eigenvalue weighted by Crippen LogP contribution is 2.30. The Labute approximate surface area is 126 Å². The van der Waals surface area contributed by atoms with Gasteiger partial charge in [0.15, 0.2) is 0 Å². The monoisotopic (exact) mass is 313 g/mol. The molecule has 1 aliphatic carbocycles. The first-order valence-electron chi connectivity index (χ1n) is 7.20. The van der Waals surface area contributed by atoms with Gasteiger partial charge < -0.3 is 9.47 Å². The maximum Gasteiger partial charge on any atom is 0.244 e. The number of hydrogen-bond acceptors (Lipinski definition) is 4. The van der Waals surface area contributed by atoms with E-state index < -0.39 is 10.0 Å². The van der Waals surface area contributed by atoms with Crippen LogP contribution in [-0.4, -0.2) is 28.7 Å². The molecule has 21 heavy (non-hydrogen) atoms. The summed E-state index contributed by atoms with van der Waals surface area (Å²) < 4.78 is 38.2. The predicted octanol–water partition coefficient (Wildman–Crippen LogP) is 2.56. The molecule has 1 fully saturated rings. The van der Waals surface area contributed by atoms with E-state index in [1.165, 1.54) is 20.3 Å². The van der Waals surface area contributed by atoms with Crippen LogP contribution in [0.1, 0.15) is 32.6 Å². The zero-order chi connectivity index (χ0) is 15.5. The Balaban J connectivity index is 2.22. The van der Waals surface area contributed by atoms with Crippen LogP contribution in [0.25, 0.3) is 0 Å². The van der Waals surface area contributed by atoms with Crippen LogP contribution < -0.4 is 14.2 Å². The van der Waals surface area contributed by atoms with E-state index in [4.69, 9.17) is 9.47 Å². The third-order valence-corrected chi connectivity index (χ3v) is 5.54. The lowest BCUT2D eigenvalue weighted by Gasteiger charge is -2.27. The number of nitrogens with one attached hydrogen (secondary N) is 1. The first-order valence-corrected chi connectivity index (χ1v) is 8.69. The van der Waals surface area contributed by atoms with Crippen LogP contribution in [0, 0.1) is 5.92 Å². The van der Waals surface area contributed by atoms with Crippen LogP contribution >= 0.6 is 0 Å². The van der Waals surface area contributed by atoms with Crippen molar-refractivity contribution in [3.63, 3.8) is 0 Å². The van der Waals surface area contributed by atoms with E-state index in [0.717, 1.165) is 25.7 Å². The first kappa shape index (κ1) is 16.1. The van der Waals surface area contributed by atoms with Gasteiger partial charge in [0.2, 0.25) is 10.0 Å². The molecular weight excluding hydrogens is 290 g/mol. The van der Waals surface area contributed by atoms with E-state index in [9.17, 15) is 8.42 Å². The van der Waals surface area contributed by atoms with E-state index in [1.54, 1.807) is 12.1 Å². The van der Waals surface area contributed by atoms with Crippen LogP contribution in [0.3, 0.4) is 0 Å². The lowest BCUT2D eigenvalue weighted by Crippen LogP contribution is -2.37. The van der Waals surface area contributed by atoms with Crippen LogP contribution in [0.5, 0.6) is 11.5 Å². The Bertz CT molecular complexity index is 577. The SMILES string of the molecule is COc1ccc(OC)c(S(=O)(=O)NC2CCC(C)CC2)c1. The van der Waals surface area contributed by atoms with Gasteiger partial charge in [-0.3, -0.25) is 0 Å². The average Bonchev–Trinajstić information content (AvgIpc) is 2.48. The number of sulfonamides is 1. The van der Waals surface area contributed by atoms with Gasteiger partial charge in [-0.2, -0.15) is 0 Å². The number of methoxy groups -OCH3 is 2. The molecule has 0 aliphatic heterocycles. The minimum atomic E-state index is -3.61. The van der Waals surface area contributed by atoms with Crippen LogP contribution in [0.4, 0.5) is 0 Å². The van der Waals surface area contributed by atoms with Gasteiger partial charge in [-0.25, -0.2) is 13.1 Å². The highest BCUT2D eigenvalue weighted by atomic mass is 32.2. The summed E-state index contributed by atoms with van der Waals surface area (Å²) >= 11 is 0. The maximum atomic E-state index is 12.6. The minimum absolute atomic E-state index is 0.00195. The maximum absolute atomic E-state index is 12.6. The minimum Gasteiger partial charge on any atom is -0.497 e. The largest absolute Gasteiger partial charge is 0.497 e. The van der Waals surface area contributed by atoms with Gasteiger partial charge in [0.05, 0.1) is 14.2 Å². The topological polar surface area (TPSA) is 64.6 Å². The second-order valence-corrected chi connectivity index (χ2v) is 7.28. The fourth-order valence-electron chi connectivity index (χ4n) is 2.65. The van der Waals surface area contributed by atoms with Gasteiger partial charge in [0.25, 0.3) is 0 Å². The lowest BCUT2D eigenvalue weighted by molar-refractivity contribution is 0.331. The number of ether oxygens (including phenoxy) is 2. The van der Waals surface area contributed by atoms with Crippen molar-refractivity contribution in [3.8, 4) is 11.5 Å².